The van der Waals surface area contributed by atoms with E-state index in [1.165, 1.54) is 33.3 Å². The van der Waals surface area contributed by atoms with Crippen LogP contribution in [0.25, 0.3) is 28.1 Å². The van der Waals surface area contributed by atoms with Gasteiger partial charge >= 0.3 is 6.09 Å². The third kappa shape index (κ3) is 15.8. The van der Waals surface area contributed by atoms with Gasteiger partial charge in [-0.2, -0.15) is 0 Å². The highest BCUT2D eigenvalue weighted by Crippen LogP contribution is 2.57. The van der Waals surface area contributed by atoms with Gasteiger partial charge in [-0.25, -0.2) is 14.4 Å². The molecule has 2 fully saturated rings. The second kappa shape index (κ2) is 31.5. The van der Waals surface area contributed by atoms with Gasteiger partial charge in [0.2, 0.25) is 35.4 Å². The quantitative estimate of drug-likeness (QED) is 0.0264. The van der Waals surface area contributed by atoms with Crippen LogP contribution >= 0.6 is 0 Å². The Bertz CT molecular complexity index is 4630. The molecule has 107 heavy (non-hydrogen) atoms. The average Bonchev–Trinajstić information content (AvgIpc) is 1.57. The molecule has 7 N–H and O–H groups in total. The minimum Gasteiger partial charge on any atom is -0.493 e. The van der Waals surface area contributed by atoms with Gasteiger partial charge in [-0.1, -0.05) is 104 Å². The molecule has 9 amide bonds. The number of aliphatic hydroxyl groups is 1. The minimum absolute atomic E-state index is 0.0283. The highest BCUT2D eigenvalue weighted by molar-refractivity contribution is 6.07. The zero-order valence-electron chi connectivity index (χ0n) is 60.6. The predicted octanol–water partition coefficient (Wildman–Crippen LogP) is 8.35. The Kier molecular flexibility index (Phi) is 21.6. The molecule has 1 saturated carbocycles. The number of nitrogens with one attached hydrogen (secondary N) is 6. The molecule has 28 heteroatoms. The van der Waals surface area contributed by atoms with Crippen LogP contribution in [0.4, 0.5) is 27.5 Å². The molecule has 1 unspecified atom stereocenters. The Morgan fingerprint density at radius 2 is 1.36 bits per heavy atom. The maximum atomic E-state index is 14.5. The van der Waals surface area contributed by atoms with Crippen molar-refractivity contribution < 1.29 is 71.9 Å². The summed E-state index contributed by atoms with van der Waals surface area (Å²) in [7, 11) is 2.95. The largest absolute Gasteiger partial charge is 0.493 e. The number of anilines is 4. The van der Waals surface area contributed by atoms with E-state index in [9.17, 15) is 48.3 Å². The molecule has 558 valence electrons. The summed E-state index contributed by atoms with van der Waals surface area (Å²) in [4.78, 5) is 129. The van der Waals surface area contributed by atoms with Crippen LogP contribution in [-0.2, 0) is 46.7 Å². The Morgan fingerprint density at radius 3 is 2.07 bits per heavy atom. The number of aliphatic hydroxyl groups excluding tert-OH is 1. The molecule has 1 spiro atoms. The fourth-order valence-corrected chi connectivity index (χ4v) is 14.4. The zero-order chi connectivity index (χ0) is 75.4. The number of methoxy groups -OCH3 is 2. The first kappa shape index (κ1) is 73.5. The third-order valence-corrected chi connectivity index (χ3v) is 20.3. The van der Waals surface area contributed by atoms with Crippen LogP contribution in [0.2, 0.25) is 0 Å². The van der Waals surface area contributed by atoms with Gasteiger partial charge < -0.3 is 75.4 Å². The molecular weight excluding hydrogens is 1370 g/mol. The molecule has 6 heterocycles. The molecule has 1 aromatic heterocycles. The first-order valence-corrected chi connectivity index (χ1v) is 36.0. The molecule has 7 aromatic rings. The van der Waals surface area contributed by atoms with E-state index in [2.05, 4.69) is 42.2 Å². The average molecular weight is 1460 g/mol. The van der Waals surface area contributed by atoms with Crippen LogP contribution < -0.4 is 60.6 Å². The number of fused-ring (bicyclic) bond motifs is 9. The highest BCUT2D eigenvalue weighted by Gasteiger charge is 2.58. The normalized spacial score (nSPS) is 17.6. The van der Waals surface area contributed by atoms with Gasteiger partial charge in [0.25, 0.3) is 11.8 Å². The summed E-state index contributed by atoms with van der Waals surface area (Å²) in [5.74, 6) is -3.28. The lowest BCUT2D eigenvalue weighted by molar-refractivity contribution is -0.132. The number of benzene rings is 6. The second-order valence-electron chi connectivity index (χ2n) is 28.4. The van der Waals surface area contributed by atoms with Gasteiger partial charge in [0.15, 0.2) is 29.2 Å². The first-order chi connectivity index (χ1) is 51.6. The van der Waals surface area contributed by atoms with Crippen molar-refractivity contribution >= 4 is 81.7 Å². The summed E-state index contributed by atoms with van der Waals surface area (Å²) in [5, 5.41) is 37.6. The Morgan fingerprint density at radius 1 is 0.692 bits per heavy atom. The Labute approximate surface area is 618 Å². The Hall–Kier alpha value is -11.8. The van der Waals surface area contributed by atoms with E-state index in [1.54, 1.807) is 64.9 Å². The molecule has 13 rings (SSSR count). The van der Waals surface area contributed by atoms with Crippen molar-refractivity contribution in [2.45, 2.75) is 129 Å². The van der Waals surface area contributed by atoms with E-state index >= 15 is 0 Å². The molecular formula is C79H87N13O15. The number of ether oxygens (including phenoxy) is 5. The van der Waals surface area contributed by atoms with Crippen molar-refractivity contribution in [2.75, 3.05) is 74.0 Å². The molecule has 28 nitrogen and oxygen atoms in total. The SMILES string of the molecule is COc1cc2c(cc1OCCCOc1cc3c(cc1OC)C(=O)N1CC4(CC4)C[C@H]1C(O)N3C(=O)OCc1ccc(NC(=O)[C@H](C)NC(=O)[C@@H](NC(=O)CNC(=O)CNC(=O)CCC(=O)N3Cc4ccccc4-c4nnn(C(C)C)c4-c4ccccc43)C(C)C)cc1)NC[C@@H]1CC(c3ccccc3)=CN1C2=O. The van der Waals surface area contributed by atoms with E-state index < -0.39 is 79.0 Å². The van der Waals surface area contributed by atoms with Gasteiger partial charge in [-0.3, -0.25) is 38.4 Å². The summed E-state index contributed by atoms with van der Waals surface area (Å²) in [6.07, 6.45) is 2.42. The molecule has 0 radical (unpaired) electrons. The van der Waals surface area contributed by atoms with Crippen LogP contribution in [0, 0.1) is 11.3 Å². The topological polar surface area (TPSA) is 336 Å². The summed E-state index contributed by atoms with van der Waals surface area (Å²) >= 11 is 0. The number of carbonyl (C=O) groups is 9. The zero-order valence-corrected chi connectivity index (χ0v) is 60.6. The number of para-hydroxylation sites is 1. The minimum atomic E-state index is -1.50. The standard InChI is InChI=1S/C79H87N13O15/c1-45(2)70(85-68(95)40-82-67(94)39-81-66(93)26-27-69(96)89-41-50-18-11-12-19-54(50)71-72(92(46(3)4)87-86-71)55-20-13-14-21-59(55)89)74(98)83-47(5)73(97)84-52-24-22-48(23-25-52)43-107-78(102)91-60-36-65(63(104-7)34-57(60)76(100)90-44-79(28-29-79)37-61(90)77(91)101)106-31-15-30-105-64-35-58-56(33-62(64)103-6)75(99)88-42-51(32-53(88)38-80-58)49-16-9-8-10-17-49/h8-14,16-25,33-36,42,45-47,53,61,70,77,80,101H,15,26-32,37-41,43-44H2,1-7H3,(H,81,93)(H,82,94)(H,83,98)(H,84,97)(H,85,95)/t47-,53-,61-,70-,77?/m0/s1. The molecule has 6 aromatic carbocycles. The van der Waals surface area contributed by atoms with Crippen molar-refractivity contribution in [2.24, 2.45) is 11.3 Å². The number of carbonyl (C=O) groups excluding carboxylic acids is 9. The number of hydrogen-bond acceptors (Lipinski definition) is 18. The predicted molar refractivity (Wildman–Crippen MR) is 396 cm³/mol. The molecule has 5 atom stereocenters. The molecule has 0 bridgehead atoms. The van der Waals surface area contributed by atoms with Gasteiger partial charge in [-0.15, -0.1) is 5.10 Å². The number of hydrogen-bond donors (Lipinski definition) is 7. The van der Waals surface area contributed by atoms with Crippen LogP contribution in [0.5, 0.6) is 23.0 Å². The van der Waals surface area contributed by atoms with E-state index in [0.717, 1.165) is 51.3 Å². The van der Waals surface area contributed by atoms with E-state index in [0.29, 0.717) is 77.7 Å². The van der Waals surface area contributed by atoms with E-state index in [-0.39, 0.29) is 97.2 Å². The number of amides is 9. The summed E-state index contributed by atoms with van der Waals surface area (Å²) in [5.41, 5.74) is 8.70. The summed E-state index contributed by atoms with van der Waals surface area (Å²) in [6, 6.07) is 35.0. The first-order valence-electron chi connectivity index (χ1n) is 36.0. The lowest BCUT2D eigenvalue weighted by Gasteiger charge is -2.31. The molecule has 6 aliphatic rings. The molecule has 5 aliphatic heterocycles. The van der Waals surface area contributed by atoms with Crippen molar-refractivity contribution in [1.29, 1.82) is 0 Å². The lowest BCUT2D eigenvalue weighted by atomic mass is 9.95. The van der Waals surface area contributed by atoms with E-state index in [4.69, 9.17) is 23.7 Å². The van der Waals surface area contributed by atoms with Gasteiger partial charge in [0, 0.05) is 73.5 Å². The Balaban J connectivity index is 0.569. The fraction of sp³-hybridized carbons (Fsp3) is 0.380. The number of aromatic nitrogens is 3. The van der Waals surface area contributed by atoms with Crippen molar-refractivity contribution in [1.82, 2.24) is 46.1 Å². The molecule has 1 saturated heterocycles. The fourth-order valence-electron chi connectivity index (χ4n) is 14.4. The van der Waals surface area contributed by atoms with Gasteiger partial charge in [0.05, 0.1) is 93.0 Å². The molecule has 1 aliphatic carbocycles. The monoisotopic (exact) mass is 1460 g/mol. The van der Waals surface area contributed by atoms with Gasteiger partial charge in [-0.05, 0) is 110 Å². The van der Waals surface area contributed by atoms with Crippen LogP contribution in [0.1, 0.15) is 123 Å². The second-order valence-corrected chi connectivity index (χ2v) is 28.4. The maximum Gasteiger partial charge on any atom is 0.416 e. The van der Waals surface area contributed by atoms with Crippen LogP contribution in [0.15, 0.2) is 134 Å². The highest BCUT2D eigenvalue weighted by atomic mass is 16.6. The summed E-state index contributed by atoms with van der Waals surface area (Å²) < 4.78 is 31.7. The lowest BCUT2D eigenvalue weighted by Crippen LogP contribution is -2.55. The van der Waals surface area contributed by atoms with E-state index in [1.807, 2.05) is 104 Å². The van der Waals surface area contributed by atoms with Crippen molar-refractivity contribution in [3.63, 3.8) is 0 Å². The van der Waals surface area contributed by atoms with Crippen LogP contribution in [0.3, 0.4) is 0 Å². The maximum absolute atomic E-state index is 14.5. The number of nitrogens with zero attached hydrogens (tertiary/aromatic N) is 7. The van der Waals surface area contributed by atoms with Crippen LogP contribution in [-0.4, -0.2) is 167 Å². The third-order valence-electron chi connectivity index (χ3n) is 20.3. The summed E-state index contributed by atoms with van der Waals surface area (Å²) in [6.45, 7) is 9.01. The number of rotatable bonds is 25. The van der Waals surface area contributed by atoms with Crippen molar-refractivity contribution in [3.05, 3.63) is 161 Å². The van der Waals surface area contributed by atoms with Gasteiger partial charge in [0.1, 0.15) is 24.4 Å². The van der Waals surface area contributed by atoms with Crippen molar-refractivity contribution in [3.8, 4) is 45.5 Å². The smallest absolute Gasteiger partial charge is 0.416 e.